The Morgan fingerprint density at radius 2 is 2.00 bits per heavy atom. The molecule has 0 heterocycles. The molecule has 2 N–H and O–H groups in total. The Hall–Kier alpha value is -0.710. The first-order valence-corrected chi connectivity index (χ1v) is 8.22. The van der Waals surface area contributed by atoms with E-state index in [1.54, 1.807) is 0 Å². The van der Waals surface area contributed by atoms with Crippen molar-refractivity contribution in [2.24, 2.45) is 0 Å². The lowest BCUT2D eigenvalue weighted by Crippen LogP contribution is -2.38. The number of aldehydes is 1. The second kappa shape index (κ2) is 7.52. The van der Waals surface area contributed by atoms with E-state index in [0.717, 1.165) is 28.3 Å². The standard InChI is InChI=1S/C17H26BrNO2/c1-5-17(12-21,9-6-10-20)15-11-13(18)7-8-14(15)16(2,3)19-4/h7-8,11-12,19-20H,5-6,9-10H2,1-4H3. The number of aliphatic hydroxyl groups excluding tert-OH is 1. The molecule has 0 fully saturated rings. The van der Waals surface area contributed by atoms with E-state index in [2.05, 4.69) is 41.2 Å². The van der Waals surface area contributed by atoms with Crippen LogP contribution in [-0.2, 0) is 15.7 Å². The highest BCUT2D eigenvalue weighted by Crippen LogP contribution is 2.38. The van der Waals surface area contributed by atoms with Gasteiger partial charge in [0.1, 0.15) is 6.29 Å². The van der Waals surface area contributed by atoms with Gasteiger partial charge in [-0.2, -0.15) is 0 Å². The van der Waals surface area contributed by atoms with Crippen LogP contribution in [0.25, 0.3) is 0 Å². The van der Waals surface area contributed by atoms with Gasteiger partial charge in [-0.05, 0) is 63.4 Å². The molecule has 0 aromatic heterocycles. The topological polar surface area (TPSA) is 49.3 Å². The minimum Gasteiger partial charge on any atom is -0.396 e. The molecule has 0 amide bonds. The summed E-state index contributed by atoms with van der Waals surface area (Å²) in [5.74, 6) is 0. The summed E-state index contributed by atoms with van der Waals surface area (Å²) in [6, 6.07) is 6.13. The van der Waals surface area contributed by atoms with Crippen molar-refractivity contribution in [1.82, 2.24) is 5.32 Å². The lowest BCUT2D eigenvalue weighted by Gasteiger charge is -2.35. The molecule has 1 atom stereocenters. The van der Waals surface area contributed by atoms with E-state index in [1.807, 2.05) is 26.1 Å². The third kappa shape index (κ3) is 3.93. The first-order chi connectivity index (χ1) is 9.86. The first-order valence-electron chi connectivity index (χ1n) is 7.43. The molecule has 0 saturated heterocycles. The van der Waals surface area contributed by atoms with Crippen molar-refractivity contribution in [2.45, 2.75) is 51.0 Å². The van der Waals surface area contributed by atoms with Gasteiger partial charge in [-0.1, -0.05) is 28.9 Å². The summed E-state index contributed by atoms with van der Waals surface area (Å²) in [5, 5.41) is 12.5. The Labute approximate surface area is 136 Å². The van der Waals surface area contributed by atoms with E-state index in [-0.39, 0.29) is 12.1 Å². The number of halogens is 1. The van der Waals surface area contributed by atoms with Crippen LogP contribution >= 0.6 is 15.9 Å². The van der Waals surface area contributed by atoms with Crippen LogP contribution in [0.2, 0.25) is 0 Å². The molecular weight excluding hydrogens is 330 g/mol. The van der Waals surface area contributed by atoms with E-state index in [1.165, 1.54) is 0 Å². The second-order valence-electron chi connectivity index (χ2n) is 6.02. The Morgan fingerprint density at radius 3 is 2.48 bits per heavy atom. The summed E-state index contributed by atoms with van der Waals surface area (Å²) in [6.07, 6.45) is 3.06. The summed E-state index contributed by atoms with van der Waals surface area (Å²) in [7, 11) is 1.92. The van der Waals surface area contributed by atoms with Crippen LogP contribution in [0.3, 0.4) is 0 Å². The van der Waals surface area contributed by atoms with Crippen molar-refractivity contribution in [3.8, 4) is 0 Å². The van der Waals surface area contributed by atoms with Gasteiger partial charge in [-0.25, -0.2) is 0 Å². The van der Waals surface area contributed by atoms with Crippen molar-refractivity contribution in [3.63, 3.8) is 0 Å². The number of benzene rings is 1. The quantitative estimate of drug-likeness (QED) is 0.701. The van der Waals surface area contributed by atoms with E-state index in [0.29, 0.717) is 12.8 Å². The van der Waals surface area contributed by atoms with Gasteiger partial charge in [0.15, 0.2) is 0 Å². The van der Waals surface area contributed by atoms with E-state index in [4.69, 9.17) is 5.11 Å². The van der Waals surface area contributed by atoms with Crippen LogP contribution in [0.4, 0.5) is 0 Å². The highest BCUT2D eigenvalue weighted by molar-refractivity contribution is 9.10. The number of hydrogen-bond acceptors (Lipinski definition) is 3. The zero-order chi connectivity index (χ0) is 16.1. The van der Waals surface area contributed by atoms with Crippen LogP contribution in [0.5, 0.6) is 0 Å². The third-order valence-corrected chi connectivity index (χ3v) is 4.95. The van der Waals surface area contributed by atoms with Gasteiger partial charge in [0, 0.05) is 16.6 Å². The summed E-state index contributed by atoms with van der Waals surface area (Å²) in [5.41, 5.74) is 1.40. The van der Waals surface area contributed by atoms with Crippen molar-refractivity contribution in [2.75, 3.05) is 13.7 Å². The monoisotopic (exact) mass is 355 g/mol. The van der Waals surface area contributed by atoms with Gasteiger partial charge in [-0.3, -0.25) is 0 Å². The lowest BCUT2D eigenvalue weighted by molar-refractivity contribution is -0.113. The maximum absolute atomic E-state index is 11.9. The largest absolute Gasteiger partial charge is 0.396 e. The molecule has 1 aromatic carbocycles. The normalized spacial score (nSPS) is 14.8. The molecule has 1 unspecified atom stereocenters. The molecule has 0 saturated carbocycles. The maximum Gasteiger partial charge on any atom is 0.130 e. The SMILES string of the molecule is CCC(C=O)(CCCO)c1cc(Br)ccc1C(C)(C)NC. The molecular formula is C17H26BrNO2. The number of nitrogens with one attached hydrogen (secondary N) is 1. The molecule has 1 rings (SSSR count). The molecule has 0 aliphatic carbocycles. The zero-order valence-corrected chi connectivity index (χ0v) is 15.0. The van der Waals surface area contributed by atoms with Gasteiger partial charge in [-0.15, -0.1) is 0 Å². The molecule has 0 spiro atoms. The van der Waals surface area contributed by atoms with Crippen molar-refractivity contribution >= 4 is 22.2 Å². The fraction of sp³-hybridized carbons (Fsp3) is 0.588. The number of rotatable bonds is 8. The average molecular weight is 356 g/mol. The summed E-state index contributed by atoms with van der Waals surface area (Å²) < 4.78 is 0.969. The molecule has 4 heteroatoms. The predicted octanol–water partition coefficient (Wildman–Crippen LogP) is 3.52. The van der Waals surface area contributed by atoms with Crippen molar-refractivity contribution in [3.05, 3.63) is 33.8 Å². The fourth-order valence-corrected chi connectivity index (χ4v) is 3.07. The van der Waals surface area contributed by atoms with Crippen molar-refractivity contribution < 1.29 is 9.90 Å². The number of aliphatic hydroxyl groups is 1. The summed E-state index contributed by atoms with van der Waals surface area (Å²) in [6.45, 7) is 6.35. The van der Waals surface area contributed by atoms with Crippen LogP contribution in [-0.4, -0.2) is 25.0 Å². The van der Waals surface area contributed by atoms with Gasteiger partial charge in [0.25, 0.3) is 0 Å². The highest BCUT2D eigenvalue weighted by atomic mass is 79.9. The number of hydrogen-bond donors (Lipinski definition) is 2. The summed E-state index contributed by atoms with van der Waals surface area (Å²) >= 11 is 3.52. The molecule has 0 radical (unpaired) electrons. The number of carbonyl (C=O) groups is 1. The highest BCUT2D eigenvalue weighted by Gasteiger charge is 2.35. The van der Waals surface area contributed by atoms with Crippen LogP contribution in [0, 0.1) is 0 Å². The van der Waals surface area contributed by atoms with Crippen LogP contribution in [0.15, 0.2) is 22.7 Å². The lowest BCUT2D eigenvalue weighted by atomic mass is 9.71. The molecule has 118 valence electrons. The van der Waals surface area contributed by atoms with Crippen LogP contribution in [0.1, 0.15) is 51.2 Å². The van der Waals surface area contributed by atoms with Crippen LogP contribution < -0.4 is 5.32 Å². The molecule has 21 heavy (non-hydrogen) atoms. The minimum atomic E-state index is -0.546. The van der Waals surface area contributed by atoms with E-state index in [9.17, 15) is 4.79 Å². The first kappa shape index (κ1) is 18.3. The molecule has 0 bridgehead atoms. The predicted molar refractivity (Wildman–Crippen MR) is 90.6 cm³/mol. The van der Waals surface area contributed by atoms with Gasteiger partial charge >= 0.3 is 0 Å². The molecule has 1 aromatic rings. The zero-order valence-electron chi connectivity index (χ0n) is 13.4. The second-order valence-corrected chi connectivity index (χ2v) is 6.94. The fourth-order valence-electron chi connectivity index (χ4n) is 2.71. The number of carbonyl (C=O) groups excluding carboxylic acids is 1. The average Bonchev–Trinajstić information content (AvgIpc) is 2.49. The van der Waals surface area contributed by atoms with Gasteiger partial charge in [0.05, 0.1) is 5.41 Å². The molecule has 0 aliphatic rings. The Bertz CT molecular complexity index is 488. The molecule has 3 nitrogen and oxygen atoms in total. The van der Waals surface area contributed by atoms with E-state index >= 15 is 0 Å². The maximum atomic E-state index is 11.9. The minimum absolute atomic E-state index is 0.106. The summed E-state index contributed by atoms with van der Waals surface area (Å²) in [4.78, 5) is 11.9. The van der Waals surface area contributed by atoms with Crippen molar-refractivity contribution in [1.29, 1.82) is 0 Å². The van der Waals surface area contributed by atoms with E-state index < -0.39 is 5.41 Å². The smallest absolute Gasteiger partial charge is 0.130 e. The Kier molecular flexibility index (Phi) is 6.57. The van der Waals surface area contributed by atoms with Gasteiger partial charge in [0.2, 0.25) is 0 Å². The third-order valence-electron chi connectivity index (χ3n) is 4.45. The molecule has 0 aliphatic heterocycles. The Morgan fingerprint density at radius 1 is 1.33 bits per heavy atom. The Balaban J connectivity index is 3.49. The van der Waals surface area contributed by atoms with Gasteiger partial charge < -0.3 is 15.2 Å².